The lowest BCUT2D eigenvalue weighted by atomic mass is 10.4. The molecule has 2 rings (SSSR count). The Morgan fingerprint density at radius 1 is 1.39 bits per heavy atom. The third-order valence-electron chi connectivity index (χ3n) is 2.15. The van der Waals surface area contributed by atoms with Crippen LogP contribution in [0.2, 0.25) is 0 Å². The van der Waals surface area contributed by atoms with E-state index in [2.05, 4.69) is 19.4 Å². The van der Waals surface area contributed by atoms with Crippen molar-refractivity contribution in [2.75, 3.05) is 6.54 Å². The predicted molar refractivity (Wildman–Crippen MR) is 59.8 cm³/mol. The Bertz CT molecular complexity index is 590. The summed E-state index contributed by atoms with van der Waals surface area (Å²) in [5.74, 6) is 0.841. The summed E-state index contributed by atoms with van der Waals surface area (Å²) in [6.45, 7) is 0.304. The lowest BCUT2D eigenvalue weighted by Crippen LogP contribution is -2.25. The normalized spacial score (nSPS) is 11.8. The zero-order valence-electron chi connectivity index (χ0n) is 9.37. The Balaban J connectivity index is 1.95. The van der Waals surface area contributed by atoms with Gasteiger partial charge < -0.3 is 14.7 Å². The van der Waals surface area contributed by atoms with E-state index in [9.17, 15) is 8.42 Å². The molecule has 0 aliphatic carbocycles. The third kappa shape index (κ3) is 2.94. The molecule has 3 N–H and O–H groups in total. The molecule has 0 radical (unpaired) electrons. The zero-order chi connectivity index (χ0) is 13.0. The first-order valence-corrected chi connectivity index (χ1v) is 6.64. The number of nitrogens with two attached hydrogens (primary N) is 1. The highest BCUT2D eigenvalue weighted by Crippen LogP contribution is 2.12. The van der Waals surface area contributed by atoms with Crippen molar-refractivity contribution < 1.29 is 17.4 Å². The smallest absolute Gasteiger partial charge is 0.273 e. The summed E-state index contributed by atoms with van der Waals surface area (Å²) in [6.07, 6.45) is 1.52. The van der Waals surface area contributed by atoms with Crippen LogP contribution in [0.3, 0.4) is 0 Å². The second-order valence-electron chi connectivity index (χ2n) is 3.42. The molecule has 0 saturated carbocycles. The molecule has 9 heteroatoms. The van der Waals surface area contributed by atoms with E-state index < -0.39 is 10.0 Å². The Kier molecular flexibility index (Phi) is 3.75. The number of hydrogen-bond donors (Lipinski definition) is 2. The van der Waals surface area contributed by atoms with Crippen LogP contribution in [0, 0.1) is 0 Å². The average molecular weight is 272 g/mol. The van der Waals surface area contributed by atoms with Gasteiger partial charge in [-0.3, -0.25) is 0 Å². The molecule has 98 valence electrons. The van der Waals surface area contributed by atoms with Gasteiger partial charge in [0.1, 0.15) is 5.76 Å². The topological polar surface area (TPSA) is 124 Å². The highest BCUT2D eigenvalue weighted by Gasteiger charge is 2.18. The molecule has 0 saturated heterocycles. The van der Waals surface area contributed by atoms with Crippen LogP contribution in [0.1, 0.15) is 11.6 Å². The van der Waals surface area contributed by atoms with Crippen LogP contribution >= 0.6 is 0 Å². The Morgan fingerprint density at radius 2 is 2.22 bits per heavy atom. The highest BCUT2D eigenvalue weighted by molar-refractivity contribution is 7.89. The second kappa shape index (κ2) is 5.29. The van der Waals surface area contributed by atoms with E-state index in [1.54, 1.807) is 0 Å². The molecule has 2 aromatic rings. The minimum Gasteiger partial charge on any atom is -0.447 e. The molecular weight excluding hydrogens is 260 g/mol. The predicted octanol–water partition coefficient (Wildman–Crippen LogP) is -0.358. The zero-order valence-corrected chi connectivity index (χ0v) is 10.2. The van der Waals surface area contributed by atoms with Crippen molar-refractivity contribution in [1.29, 1.82) is 0 Å². The summed E-state index contributed by atoms with van der Waals surface area (Å²) >= 11 is 0. The summed E-state index contributed by atoms with van der Waals surface area (Å²) in [6, 6.07) is 2.88. The van der Waals surface area contributed by atoms with Crippen LogP contribution in [0.5, 0.6) is 0 Å². The molecule has 8 nitrogen and oxygen atoms in total. The van der Waals surface area contributed by atoms with E-state index in [-0.39, 0.29) is 18.2 Å². The van der Waals surface area contributed by atoms with Gasteiger partial charge in [-0.25, -0.2) is 13.1 Å². The van der Waals surface area contributed by atoms with E-state index in [0.29, 0.717) is 18.0 Å². The number of nitrogens with one attached hydrogen (secondary N) is 1. The average Bonchev–Trinajstić information content (AvgIpc) is 2.99. The molecule has 0 amide bonds. The molecule has 0 fully saturated rings. The number of nitrogens with zero attached hydrogens (tertiary/aromatic N) is 2. The molecule has 0 spiro atoms. The summed E-state index contributed by atoms with van der Waals surface area (Å²) in [5, 5.41) is 3.41. The second-order valence-corrected chi connectivity index (χ2v) is 5.12. The van der Waals surface area contributed by atoms with Gasteiger partial charge in [-0.2, -0.15) is 4.98 Å². The molecule has 2 heterocycles. The molecular formula is C9H12N4O4S. The molecule has 18 heavy (non-hydrogen) atoms. The van der Waals surface area contributed by atoms with Crippen LogP contribution in [0.25, 0.3) is 0 Å². The van der Waals surface area contributed by atoms with E-state index in [4.69, 9.17) is 10.2 Å². The maximum Gasteiger partial charge on any atom is 0.273 e. The van der Waals surface area contributed by atoms with Crippen LogP contribution in [0.4, 0.5) is 0 Å². The van der Waals surface area contributed by atoms with Crippen molar-refractivity contribution >= 4 is 10.0 Å². The maximum atomic E-state index is 11.8. The van der Waals surface area contributed by atoms with Crippen LogP contribution in [-0.4, -0.2) is 25.1 Å². The van der Waals surface area contributed by atoms with Gasteiger partial charge in [0.15, 0.2) is 5.82 Å². The van der Waals surface area contributed by atoms with Gasteiger partial charge in [0.25, 0.3) is 10.0 Å². The van der Waals surface area contributed by atoms with Gasteiger partial charge in [0.2, 0.25) is 11.5 Å². The van der Waals surface area contributed by atoms with Crippen molar-refractivity contribution in [2.45, 2.75) is 18.1 Å². The number of rotatable bonds is 6. The van der Waals surface area contributed by atoms with Crippen molar-refractivity contribution in [1.82, 2.24) is 14.9 Å². The minimum atomic E-state index is -3.66. The van der Waals surface area contributed by atoms with Crippen molar-refractivity contribution in [2.24, 2.45) is 5.73 Å². The standard InChI is InChI=1S/C9H12N4O4S/c10-5-7-1-2-9(17-7)18(14,15)12-4-3-8-11-6-16-13-8/h1-2,6,12H,3-5,10H2. The monoisotopic (exact) mass is 272 g/mol. The number of sulfonamides is 1. The molecule has 0 aliphatic rings. The first-order chi connectivity index (χ1) is 8.62. The van der Waals surface area contributed by atoms with Crippen molar-refractivity contribution in [3.8, 4) is 0 Å². The first-order valence-electron chi connectivity index (χ1n) is 5.15. The number of aromatic nitrogens is 2. The van der Waals surface area contributed by atoms with Crippen molar-refractivity contribution in [3.05, 3.63) is 30.1 Å². The molecule has 0 unspecified atom stereocenters. The molecule has 0 bridgehead atoms. The number of hydrogen-bond acceptors (Lipinski definition) is 7. The fraction of sp³-hybridized carbons (Fsp3) is 0.333. The molecule has 0 atom stereocenters. The van der Waals surface area contributed by atoms with E-state index in [1.807, 2.05) is 0 Å². The first kappa shape index (κ1) is 12.7. The Labute approximate surface area is 103 Å². The highest BCUT2D eigenvalue weighted by atomic mass is 32.2. The van der Waals surface area contributed by atoms with Crippen LogP contribution in [-0.2, 0) is 23.0 Å². The molecule has 0 aromatic carbocycles. The summed E-state index contributed by atoms with van der Waals surface area (Å²) in [5.41, 5.74) is 5.33. The lowest BCUT2D eigenvalue weighted by molar-refractivity contribution is 0.408. The quantitative estimate of drug-likeness (QED) is 0.735. The van der Waals surface area contributed by atoms with Gasteiger partial charge >= 0.3 is 0 Å². The Hall–Kier alpha value is -1.71. The minimum absolute atomic E-state index is 0.151. The third-order valence-corrected chi connectivity index (χ3v) is 3.48. The summed E-state index contributed by atoms with van der Waals surface area (Å²) < 4.78 is 35.5. The van der Waals surface area contributed by atoms with Gasteiger partial charge in [0.05, 0.1) is 6.54 Å². The fourth-order valence-corrected chi connectivity index (χ4v) is 2.26. The van der Waals surface area contributed by atoms with E-state index in [1.165, 1.54) is 18.5 Å². The van der Waals surface area contributed by atoms with Crippen LogP contribution < -0.4 is 10.5 Å². The van der Waals surface area contributed by atoms with E-state index in [0.717, 1.165) is 0 Å². The maximum absolute atomic E-state index is 11.8. The lowest BCUT2D eigenvalue weighted by Gasteiger charge is -2.01. The van der Waals surface area contributed by atoms with Gasteiger partial charge in [-0.15, -0.1) is 0 Å². The van der Waals surface area contributed by atoms with E-state index >= 15 is 0 Å². The van der Waals surface area contributed by atoms with Crippen molar-refractivity contribution in [3.63, 3.8) is 0 Å². The molecule has 0 aliphatic heterocycles. The van der Waals surface area contributed by atoms with Gasteiger partial charge in [-0.05, 0) is 12.1 Å². The van der Waals surface area contributed by atoms with Crippen LogP contribution in [0.15, 0.2) is 32.6 Å². The summed E-state index contributed by atoms with van der Waals surface area (Å²) in [4.78, 5) is 3.77. The fourth-order valence-electron chi connectivity index (χ4n) is 1.28. The SMILES string of the molecule is NCc1ccc(S(=O)(=O)NCCc2ncon2)o1. The van der Waals surface area contributed by atoms with Gasteiger partial charge in [-0.1, -0.05) is 5.16 Å². The largest absolute Gasteiger partial charge is 0.447 e. The van der Waals surface area contributed by atoms with Gasteiger partial charge in [0, 0.05) is 13.0 Å². The summed E-state index contributed by atoms with van der Waals surface area (Å²) in [7, 11) is -3.66. The molecule has 2 aromatic heterocycles. The Morgan fingerprint density at radius 3 is 2.83 bits per heavy atom. The number of furan rings is 1.